The third kappa shape index (κ3) is 5.36. The molecule has 0 amide bonds. The molecule has 2 aromatic carbocycles. The first kappa shape index (κ1) is 24.2. The molecule has 186 valence electrons. The van der Waals surface area contributed by atoms with E-state index >= 15 is 0 Å². The van der Waals surface area contributed by atoms with Crippen LogP contribution in [0, 0.1) is 0 Å². The fraction of sp³-hybridized carbons (Fsp3) is 0.400. The highest BCUT2D eigenvalue weighted by molar-refractivity contribution is 7.89. The largest absolute Gasteiger partial charge is 0.497 e. The second kappa shape index (κ2) is 10.6. The number of ether oxygens (including phenoxy) is 3. The highest BCUT2D eigenvalue weighted by Crippen LogP contribution is 2.26. The molecule has 10 heteroatoms. The van der Waals surface area contributed by atoms with E-state index in [0.29, 0.717) is 37.7 Å². The fourth-order valence-corrected chi connectivity index (χ4v) is 6.67. The van der Waals surface area contributed by atoms with Crippen LogP contribution in [-0.2, 0) is 26.0 Å². The van der Waals surface area contributed by atoms with Crippen LogP contribution >= 0.6 is 11.3 Å². The molecule has 0 N–H and O–H groups in total. The lowest BCUT2D eigenvalue weighted by Gasteiger charge is -2.26. The topological polar surface area (TPSA) is 82.4 Å². The number of benzene rings is 2. The second-order valence-electron chi connectivity index (χ2n) is 8.50. The van der Waals surface area contributed by atoms with Gasteiger partial charge in [-0.2, -0.15) is 4.31 Å². The Labute approximate surface area is 209 Å². The number of morpholine rings is 1. The maximum Gasteiger partial charge on any atom is 0.243 e. The summed E-state index contributed by atoms with van der Waals surface area (Å²) in [7, 11) is -1.89. The van der Waals surface area contributed by atoms with Crippen molar-refractivity contribution in [3.8, 4) is 17.0 Å². The Morgan fingerprint density at radius 2 is 1.80 bits per heavy atom. The van der Waals surface area contributed by atoms with E-state index in [-0.39, 0.29) is 6.10 Å². The Balaban J connectivity index is 1.48. The fourth-order valence-electron chi connectivity index (χ4n) is 4.32. The number of hydrogen-bond donors (Lipinski definition) is 0. The third-order valence-electron chi connectivity index (χ3n) is 6.26. The van der Waals surface area contributed by atoms with Crippen molar-refractivity contribution < 1.29 is 22.6 Å². The number of methoxy groups -OCH3 is 1. The molecule has 3 heterocycles. The van der Waals surface area contributed by atoms with Crippen molar-refractivity contribution in [3.05, 3.63) is 58.7 Å². The molecule has 2 saturated heterocycles. The van der Waals surface area contributed by atoms with Gasteiger partial charge in [0.1, 0.15) is 5.75 Å². The molecule has 0 spiro atoms. The number of thiazole rings is 1. The van der Waals surface area contributed by atoms with Crippen molar-refractivity contribution in [2.24, 2.45) is 4.99 Å². The van der Waals surface area contributed by atoms with E-state index in [4.69, 9.17) is 19.2 Å². The molecule has 2 aliphatic heterocycles. The predicted octanol–water partition coefficient (Wildman–Crippen LogP) is 3.66. The van der Waals surface area contributed by atoms with Gasteiger partial charge in [-0.25, -0.2) is 13.4 Å². The van der Waals surface area contributed by atoms with Gasteiger partial charge in [0.2, 0.25) is 10.0 Å². The number of rotatable bonds is 7. The average molecular weight is 516 g/mol. The van der Waals surface area contributed by atoms with Crippen molar-refractivity contribution >= 4 is 27.0 Å². The lowest BCUT2D eigenvalue weighted by molar-refractivity contribution is 0.0730. The van der Waals surface area contributed by atoms with Gasteiger partial charge in [0.25, 0.3) is 0 Å². The highest BCUT2D eigenvalue weighted by Gasteiger charge is 2.26. The maximum atomic E-state index is 13.0. The van der Waals surface area contributed by atoms with Crippen LogP contribution in [0.5, 0.6) is 5.75 Å². The summed E-state index contributed by atoms with van der Waals surface area (Å²) < 4.78 is 46.2. The zero-order chi connectivity index (χ0) is 24.3. The molecule has 5 rings (SSSR count). The normalized spacial score (nSPS) is 19.8. The van der Waals surface area contributed by atoms with E-state index in [1.54, 1.807) is 30.6 Å². The summed E-state index contributed by atoms with van der Waals surface area (Å²) in [4.78, 5) is 6.04. The Kier molecular flexibility index (Phi) is 7.35. The van der Waals surface area contributed by atoms with Gasteiger partial charge in [0, 0.05) is 25.1 Å². The van der Waals surface area contributed by atoms with Crippen LogP contribution < -0.4 is 9.54 Å². The zero-order valence-corrected chi connectivity index (χ0v) is 21.3. The molecular weight excluding hydrogens is 486 g/mol. The number of hydrogen-bond acceptors (Lipinski definition) is 7. The number of sulfonamides is 1. The summed E-state index contributed by atoms with van der Waals surface area (Å²) in [6, 6.07) is 14.8. The van der Waals surface area contributed by atoms with Crippen LogP contribution in [-0.4, -0.2) is 63.4 Å². The number of nitrogens with zero attached hydrogens (tertiary/aromatic N) is 3. The van der Waals surface area contributed by atoms with Crippen molar-refractivity contribution in [2.45, 2.75) is 30.4 Å². The molecule has 2 fully saturated rings. The molecule has 0 bridgehead atoms. The lowest BCUT2D eigenvalue weighted by atomic mass is 10.1. The monoisotopic (exact) mass is 515 g/mol. The van der Waals surface area contributed by atoms with Gasteiger partial charge in [-0.15, -0.1) is 11.3 Å². The molecule has 0 radical (unpaired) electrons. The van der Waals surface area contributed by atoms with Crippen LogP contribution in [0.25, 0.3) is 11.3 Å². The maximum absolute atomic E-state index is 13.0. The van der Waals surface area contributed by atoms with Crippen molar-refractivity contribution in [1.29, 1.82) is 0 Å². The lowest BCUT2D eigenvalue weighted by Crippen LogP contribution is -2.40. The minimum Gasteiger partial charge on any atom is -0.497 e. The first-order valence-corrected chi connectivity index (χ1v) is 14.0. The molecule has 1 atom stereocenters. The molecule has 35 heavy (non-hydrogen) atoms. The smallest absolute Gasteiger partial charge is 0.243 e. The quantitative estimate of drug-likeness (QED) is 0.480. The summed E-state index contributed by atoms with van der Waals surface area (Å²) in [5.41, 5.74) is 2.77. The van der Waals surface area contributed by atoms with Gasteiger partial charge < -0.3 is 18.8 Å². The molecule has 0 aliphatic carbocycles. The summed E-state index contributed by atoms with van der Waals surface area (Å²) in [5, 5.41) is 2.07. The first-order chi connectivity index (χ1) is 17.0. The summed E-state index contributed by atoms with van der Waals surface area (Å²) in [5.74, 6) is 0.787. The van der Waals surface area contributed by atoms with Crippen LogP contribution in [0.1, 0.15) is 12.8 Å². The van der Waals surface area contributed by atoms with Crippen LogP contribution in [0.15, 0.2) is 63.8 Å². The second-order valence-corrected chi connectivity index (χ2v) is 11.3. The van der Waals surface area contributed by atoms with Crippen molar-refractivity contribution in [2.75, 3.05) is 40.0 Å². The van der Waals surface area contributed by atoms with Gasteiger partial charge in [-0.3, -0.25) is 0 Å². The van der Waals surface area contributed by atoms with Crippen molar-refractivity contribution in [3.63, 3.8) is 0 Å². The summed E-state index contributed by atoms with van der Waals surface area (Å²) in [6.45, 7) is 3.09. The predicted molar refractivity (Wildman–Crippen MR) is 135 cm³/mol. The van der Waals surface area contributed by atoms with E-state index in [9.17, 15) is 8.42 Å². The van der Waals surface area contributed by atoms with E-state index in [2.05, 4.69) is 9.95 Å². The standard InChI is InChI=1S/C25H29N3O5S2/c1-31-21-8-6-20(7-9-21)26-25-28(17-22-3-2-14-33-22)24(18-34-25)19-4-10-23(11-5-19)35(29,30)27-12-15-32-16-13-27/h4-11,18,22H,2-3,12-17H2,1H3. The van der Waals surface area contributed by atoms with E-state index in [1.165, 1.54) is 4.31 Å². The molecule has 2 aliphatic rings. The third-order valence-corrected chi connectivity index (χ3v) is 9.04. The van der Waals surface area contributed by atoms with Crippen LogP contribution in [0.2, 0.25) is 0 Å². The Morgan fingerprint density at radius 1 is 1.06 bits per heavy atom. The van der Waals surface area contributed by atoms with Gasteiger partial charge >= 0.3 is 0 Å². The average Bonchev–Trinajstić information content (AvgIpc) is 3.56. The zero-order valence-electron chi connectivity index (χ0n) is 19.6. The molecule has 3 aromatic rings. The molecular formula is C25H29N3O5S2. The molecule has 0 saturated carbocycles. The Hall–Kier alpha value is -2.50. The van der Waals surface area contributed by atoms with E-state index in [1.807, 2.05) is 36.4 Å². The van der Waals surface area contributed by atoms with Crippen LogP contribution in [0.4, 0.5) is 5.69 Å². The minimum absolute atomic E-state index is 0.138. The van der Waals surface area contributed by atoms with Gasteiger partial charge in [0.15, 0.2) is 4.80 Å². The molecule has 1 aromatic heterocycles. The number of aromatic nitrogens is 1. The Bertz CT molecular complexity index is 1300. The highest BCUT2D eigenvalue weighted by atomic mass is 32.2. The molecule has 1 unspecified atom stereocenters. The van der Waals surface area contributed by atoms with Gasteiger partial charge in [-0.05, 0) is 54.8 Å². The summed E-state index contributed by atoms with van der Waals surface area (Å²) in [6.07, 6.45) is 2.21. The molecule has 8 nitrogen and oxygen atoms in total. The van der Waals surface area contributed by atoms with Crippen LogP contribution in [0.3, 0.4) is 0 Å². The summed E-state index contributed by atoms with van der Waals surface area (Å²) >= 11 is 1.56. The van der Waals surface area contributed by atoms with E-state index in [0.717, 1.165) is 46.9 Å². The Morgan fingerprint density at radius 3 is 2.46 bits per heavy atom. The van der Waals surface area contributed by atoms with Crippen molar-refractivity contribution in [1.82, 2.24) is 8.87 Å². The van der Waals surface area contributed by atoms with Gasteiger partial charge in [-0.1, -0.05) is 12.1 Å². The first-order valence-electron chi connectivity index (χ1n) is 11.7. The SMILES string of the molecule is COc1ccc(N=c2scc(-c3ccc(S(=O)(=O)N4CCOCC4)cc3)n2CC2CCCO2)cc1. The van der Waals surface area contributed by atoms with E-state index < -0.39 is 10.0 Å². The minimum atomic E-state index is -3.53. The van der Waals surface area contributed by atoms with Gasteiger partial charge in [0.05, 0.1) is 49.2 Å².